The Morgan fingerprint density at radius 2 is 1.82 bits per heavy atom. The molecule has 0 radical (unpaired) electrons. The van der Waals surface area contributed by atoms with Crippen molar-refractivity contribution >= 4 is 22.6 Å². The first kappa shape index (κ1) is 16.5. The lowest BCUT2D eigenvalue weighted by Crippen LogP contribution is -2.23. The molecule has 116 valence electrons. The number of benzene rings is 1. The number of carbonyl (C=O) groups is 2. The molecule has 0 spiro atoms. The highest BCUT2D eigenvalue weighted by Crippen LogP contribution is 2.28. The molecule has 0 amide bonds. The summed E-state index contributed by atoms with van der Waals surface area (Å²) in [5.74, 6) is -0.660. The van der Waals surface area contributed by atoms with E-state index < -0.39 is 11.0 Å². The van der Waals surface area contributed by atoms with Crippen LogP contribution in [0.2, 0.25) is 0 Å². The molecule has 4 nitrogen and oxygen atoms in total. The largest absolute Gasteiger partial charge is 0.340 e. The van der Waals surface area contributed by atoms with Gasteiger partial charge in [0.2, 0.25) is 0 Å². The highest BCUT2D eigenvalue weighted by atomic mass is 35.5. The first-order valence-corrected chi connectivity index (χ1v) is 7.44. The Labute approximate surface area is 135 Å². The van der Waals surface area contributed by atoms with Gasteiger partial charge in [0.15, 0.2) is 0 Å². The van der Waals surface area contributed by atoms with Crippen LogP contribution in [0.15, 0.2) is 36.4 Å². The minimum absolute atomic E-state index is 0.366. The van der Waals surface area contributed by atoms with Crippen molar-refractivity contribution < 1.29 is 9.59 Å². The van der Waals surface area contributed by atoms with Crippen LogP contribution in [0.5, 0.6) is 0 Å². The highest BCUT2D eigenvalue weighted by Gasteiger charge is 2.24. The molecule has 0 bridgehead atoms. The number of hydrogen-bond acceptors (Lipinski definition) is 3. The fourth-order valence-corrected chi connectivity index (χ4v) is 2.53. The lowest BCUT2D eigenvalue weighted by atomic mass is 10.0. The third-order valence-corrected chi connectivity index (χ3v) is 3.72. The lowest BCUT2D eigenvalue weighted by Gasteiger charge is -2.14. The molecule has 0 fully saturated rings. The van der Waals surface area contributed by atoms with Gasteiger partial charge in [-0.15, -0.1) is 0 Å². The van der Waals surface area contributed by atoms with Crippen LogP contribution in [0.25, 0.3) is 11.1 Å². The van der Waals surface area contributed by atoms with E-state index in [2.05, 4.69) is 0 Å². The molecular weight excluding hydrogens is 300 g/mol. The first-order chi connectivity index (χ1) is 10.4. The van der Waals surface area contributed by atoms with Crippen LogP contribution >= 0.6 is 11.6 Å². The fourth-order valence-electron chi connectivity index (χ4n) is 2.44. The Balaban J connectivity index is 2.57. The van der Waals surface area contributed by atoms with Crippen molar-refractivity contribution in [3.8, 4) is 11.1 Å². The second-order valence-electron chi connectivity index (χ2n) is 5.47. The number of ketones is 1. The molecular formula is C17H19ClN2O2. The predicted molar refractivity (Wildman–Crippen MR) is 88.3 cm³/mol. The molecule has 2 rings (SSSR count). The maximum Gasteiger partial charge on any atom is 0.294 e. The summed E-state index contributed by atoms with van der Waals surface area (Å²) in [5, 5.41) is -0.957. The average Bonchev–Trinajstić information content (AvgIpc) is 2.81. The lowest BCUT2D eigenvalue weighted by molar-refractivity contribution is -0.108. The molecule has 0 aliphatic heterocycles. The van der Waals surface area contributed by atoms with Gasteiger partial charge >= 0.3 is 0 Å². The molecule has 0 aliphatic carbocycles. The van der Waals surface area contributed by atoms with E-state index >= 15 is 0 Å². The van der Waals surface area contributed by atoms with Gasteiger partial charge in [-0.3, -0.25) is 9.59 Å². The average molecular weight is 319 g/mol. The van der Waals surface area contributed by atoms with Crippen molar-refractivity contribution in [3.63, 3.8) is 0 Å². The Morgan fingerprint density at radius 1 is 1.18 bits per heavy atom. The summed E-state index contributed by atoms with van der Waals surface area (Å²) >= 11 is 5.45. The minimum Gasteiger partial charge on any atom is -0.340 e. The molecule has 0 saturated carbocycles. The van der Waals surface area contributed by atoms with Crippen LogP contribution in [0.4, 0.5) is 0 Å². The summed E-state index contributed by atoms with van der Waals surface area (Å²) in [6, 6.07) is 11.5. The zero-order valence-electron chi connectivity index (χ0n) is 13.0. The number of likely N-dealkylation sites (N-methyl/N-ethyl adjacent to an activating group) is 1. The molecule has 0 unspecified atom stereocenters. The summed E-state index contributed by atoms with van der Waals surface area (Å²) in [6.07, 6.45) is 0. The Kier molecular flexibility index (Phi) is 5.16. The van der Waals surface area contributed by atoms with Gasteiger partial charge in [0.05, 0.1) is 0 Å². The molecule has 22 heavy (non-hydrogen) atoms. The van der Waals surface area contributed by atoms with Gasteiger partial charge in [-0.1, -0.05) is 30.3 Å². The summed E-state index contributed by atoms with van der Waals surface area (Å²) in [5.41, 5.74) is 2.94. The maximum absolute atomic E-state index is 12.3. The summed E-state index contributed by atoms with van der Waals surface area (Å²) < 4.78 is 1.87. The number of aryl methyl sites for hydroxylation is 1. The van der Waals surface area contributed by atoms with E-state index in [0.29, 0.717) is 12.2 Å². The summed E-state index contributed by atoms with van der Waals surface area (Å²) in [6.45, 7) is 3.31. The van der Waals surface area contributed by atoms with E-state index in [1.165, 1.54) is 0 Å². The zero-order valence-corrected chi connectivity index (χ0v) is 13.7. The van der Waals surface area contributed by atoms with Gasteiger partial charge in [0, 0.05) is 24.3 Å². The zero-order chi connectivity index (χ0) is 16.3. The van der Waals surface area contributed by atoms with Gasteiger partial charge in [-0.05, 0) is 44.2 Å². The second-order valence-corrected chi connectivity index (χ2v) is 5.82. The predicted octanol–water partition coefficient (Wildman–Crippen LogP) is 2.97. The molecule has 0 N–H and O–H groups in total. The molecule has 0 aliphatic rings. The number of rotatable bonds is 6. The summed E-state index contributed by atoms with van der Waals surface area (Å²) in [4.78, 5) is 25.7. The number of hydrogen-bond donors (Lipinski definition) is 0. The van der Waals surface area contributed by atoms with Crippen molar-refractivity contribution in [1.29, 1.82) is 0 Å². The van der Waals surface area contributed by atoms with Crippen LogP contribution < -0.4 is 0 Å². The number of carbonyl (C=O) groups excluding carboxylic acids is 2. The van der Waals surface area contributed by atoms with Crippen molar-refractivity contribution in [2.75, 3.05) is 20.6 Å². The Morgan fingerprint density at radius 3 is 2.36 bits per heavy atom. The Bertz CT molecular complexity index is 690. The van der Waals surface area contributed by atoms with Gasteiger partial charge in [0.25, 0.3) is 11.0 Å². The normalized spacial score (nSPS) is 11.0. The molecule has 2 aromatic rings. The third kappa shape index (κ3) is 3.46. The van der Waals surface area contributed by atoms with Crippen molar-refractivity contribution in [1.82, 2.24) is 9.47 Å². The van der Waals surface area contributed by atoms with Crippen molar-refractivity contribution in [3.05, 3.63) is 47.8 Å². The van der Waals surface area contributed by atoms with E-state index in [0.717, 1.165) is 23.4 Å². The highest BCUT2D eigenvalue weighted by molar-refractivity contribution is 6.83. The quantitative estimate of drug-likeness (QED) is 0.467. The topological polar surface area (TPSA) is 42.3 Å². The molecule has 1 heterocycles. The minimum atomic E-state index is -0.957. The number of nitrogens with zero attached hydrogens (tertiary/aromatic N) is 2. The molecule has 0 saturated heterocycles. The van der Waals surface area contributed by atoms with Gasteiger partial charge < -0.3 is 9.47 Å². The van der Waals surface area contributed by atoms with Gasteiger partial charge in [-0.2, -0.15) is 0 Å². The van der Waals surface area contributed by atoms with Crippen molar-refractivity contribution in [2.24, 2.45) is 0 Å². The maximum atomic E-state index is 12.3. The van der Waals surface area contributed by atoms with Crippen LogP contribution in [-0.2, 0) is 11.3 Å². The number of Topliss-reactive ketones (excluding diaryl/α,β-unsaturated/α-hetero) is 1. The summed E-state index contributed by atoms with van der Waals surface area (Å²) in [7, 11) is 3.93. The second kappa shape index (κ2) is 6.90. The standard InChI is InChI=1S/C17H19ClN2O2/c1-12-11-14(13-7-5-4-6-8-13)15(16(21)17(18)22)20(12)10-9-19(2)3/h4-8,11H,9-10H2,1-3H3. The Hall–Kier alpha value is -1.91. The number of halogens is 1. The van der Waals surface area contributed by atoms with Crippen LogP contribution in [0, 0.1) is 6.92 Å². The number of aromatic nitrogens is 1. The van der Waals surface area contributed by atoms with Crippen LogP contribution in [0.3, 0.4) is 0 Å². The van der Waals surface area contributed by atoms with Crippen molar-refractivity contribution in [2.45, 2.75) is 13.5 Å². The SMILES string of the molecule is Cc1cc(-c2ccccc2)c(C(=O)C(=O)Cl)n1CCN(C)C. The molecule has 1 aromatic carbocycles. The van der Waals surface area contributed by atoms with Crippen LogP contribution in [-0.4, -0.2) is 41.1 Å². The van der Waals surface area contributed by atoms with E-state index in [-0.39, 0.29) is 0 Å². The van der Waals surface area contributed by atoms with E-state index in [1.807, 2.05) is 66.9 Å². The first-order valence-electron chi connectivity index (χ1n) is 7.06. The van der Waals surface area contributed by atoms with Gasteiger partial charge in [-0.25, -0.2) is 0 Å². The fraction of sp³-hybridized carbons (Fsp3) is 0.294. The monoisotopic (exact) mass is 318 g/mol. The van der Waals surface area contributed by atoms with E-state index in [4.69, 9.17) is 11.6 Å². The van der Waals surface area contributed by atoms with Crippen LogP contribution in [0.1, 0.15) is 16.2 Å². The van der Waals surface area contributed by atoms with Gasteiger partial charge in [0.1, 0.15) is 5.69 Å². The third-order valence-electron chi connectivity index (χ3n) is 3.55. The van der Waals surface area contributed by atoms with E-state index in [9.17, 15) is 9.59 Å². The molecule has 0 atom stereocenters. The van der Waals surface area contributed by atoms with E-state index in [1.54, 1.807) is 0 Å². The molecule has 1 aromatic heterocycles. The molecule has 5 heteroatoms. The smallest absolute Gasteiger partial charge is 0.294 e.